The number of hydrogen-bond acceptors (Lipinski definition) is 2. The summed E-state index contributed by atoms with van der Waals surface area (Å²) in [6, 6.07) is 48.5. The Morgan fingerprint density at radius 3 is 1.62 bits per heavy atom. The maximum atomic E-state index is 6.70. The van der Waals surface area contributed by atoms with E-state index < -0.39 is 26.2 Å². The second-order valence-corrected chi connectivity index (χ2v) is 14.2. The van der Waals surface area contributed by atoms with Gasteiger partial charge in [0, 0.05) is 0 Å². The smallest absolute Gasteiger partial charge is 0.399 e. The van der Waals surface area contributed by atoms with E-state index in [1.54, 1.807) is 0 Å². The molecule has 6 aromatic rings. The van der Waals surface area contributed by atoms with Crippen molar-refractivity contribution in [3.05, 3.63) is 133 Å². The van der Waals surface area contributed by atoms with Gasteiger partial charge >= 0.3 is 7.12 Å². The number of fused-ring (bicyclic) bond motifs is 2. The maximum absolute atomic E-state index is 6.70. The fourth-order valence-corrected chi connectivity index (χ4v) is 8.43. The molecule has 0 amide bonds. The molecular weight excluding hydrogens is 530 g/mol. The Morgan fingerprint density at radius 1 is 0.524 bits per heavy atom. The van der Waals surface area contributed by atoms with Crippen molar-refractivity contribution in [1.82, 2.24) is 0 Å². The Hall–Kier alpha value is -3.75. The zero-order chi connectivity index (χ0) is 28.9. The molecule has 206 valence electrons. The van der Waals surface area contributed by atoms with E-state index in [1.807, 2.05) is 0 Å². The van der Waals surface area contributed by atoms with Gasteiger partial charge in [-0.15, -0.1) is 0 Å². The minimum absolute atomic E-state index is 0.437. The lowest BCUT2D eigenvalue weighted by Gasteiger charge is -2.32. The van der Waals surface area contributed by atoms with Crippen LogP contribution in [-0.4, -0.2) is 18.3 Å². The van der Waals surface area contributed by atoms with Crippen molar-refractivity contribution in [2.45, 2.75) is 38.9 Å². The van der Waals surface area contributed by atoms with Gasteiger partial charge in [-0.3, -0.25) is 0 Å². The molecule has 1 heterocycles. The standard InChI is InChI=1S/C38H34BO2P/c1-37(2)38(3,4)41-39(40-37)34-24-23-27-15-13-14-22-32(27)36(34)33-25-28-16-11-12-17-29(28)26-35(33)42(30-18-7-5-8-19-30)31-20-9-6-10-21-31/h5-26H,1-4H3. The molecule has 0 aromatic heterocycles. The molecule has 0 unspecified atom stereocenters. The lowest BCUT2D eigenvalue weighted by molar-refractivity contribution is 0.00578. The molecule has 0 saturated carbocycles. The molecule has 0 spiro atoms. The molecule has 0 N–H and O–H groups in total. The Morgan fingerprint density at radius 2 is 1.02 bits per heavy atom. The highest BCUT2D eigenvalue weighted by Crippen LogP contribution is 2.42. The zero-order valence-electron chi connectivity index (χ0n) is 24.5. The zero-order valence-corrected chi connectivity index (χ0v) is 25.4. The van der Waals surface area contributed by atoms with E-state index in [0.717, 1.165) is 5.46 Å². The molecule has 0 bridgehead atoms. The first-order valence-corrected chi connectivity index (χ1v) is 16.0. The maximum Gasteiger partial charge on any atom is 0.495 e. The molecule has 4 heteroatoms. The average Bonchev–Trinajstić information content (AvgIpc) is 3.23. The summed E-state index contributed by atoms with van der Waals surface area (Å²) in [4.78, 5) is 0. The van der Waals surface area contributed by atoms with Gasteiger partial charge < -0.3 is 9.31 Å². The molecule has 0 radical (unpaired) electrons. The van der Waals surface area contributed by atoms with Crippen molar-refractivity contribution in [3.8, 4) is 11.1 Å². The highest BCUT2D eigenvalue weighted by molar-refractivity contribution is 7.80. The van der Waals surface area contributed by atoms with Gasteiger partial charge in [-0.1, -0.05) is 121 Å². The van der Waals surface area contributed by atoms with Gasteiger partial charge in [0.25, 0.3) is 0 Å². The summed E-state index contributed by atoms with van der Waals surface area (Å²) in [5.74, 6) is 0. The van der Waals surface area contributed by atoms with E-state index in [0.29, 0.717) is 0 Å². The van der Waals surface area contributed by atoms with Gasteiger partial charge in [-0.05, 0) is 102 Å². The third-order valence-electron chi connectivity index (χ3n) is 8.87. The lowest BCUT2D eigenvalue weighted by Crippen LogP contribution is -2.41. The first-order valence-electron chi connectivity index (χ1n) is 14.6. The molecule has 2 nitrogen and oxygen atoms in total. The first-order chi connectivity index (χ1) is 20.3. The Balaban J connectivity index is 1.57. The van der Waals surface area contributed by atoms with Crippen LogP contribution in [0.5, 0.6) is 0 Å². The van der Waals surface area contributed by atoms with E-state index in [4.69, 9.17) is 9.31 Å². The van der Waals surface area contributed by atoms with Crippen molar-refractivity contribution in [1.29, 1.82) is 0 Å². The molecule has 1 fully saturated rings. The molecule has 42 heavy (non-hydrogen) atoms. The third-order valence-corrected chi connectivity index (χ3v) is 11.4. The number of hydrogen-bond donors (Lipinski definition) is 0. The van der Waals surface area contributed by atoms with Gasteiger partial charge in [0.1, 0.15) is 0 Å². The van der Waals surface area contributed by atoms with Crippen molar-refractivity contribution in [2.75, 3.05) is 0 Å². The molecule has 7 rings (SSSR count). The average molecular weight is 564 g/mol. The Labute approximate surface area is 250 Å². The van der Waals surface area contributed by atoms with E-state index in [2.05, 4.69) is 161 Å². The minimum atomic E-state index is -0.863. The summed E-state index contributed by atoms with van der Waals surface area (Å²) in [6.45, 7) is 8.50. The van der Waals surface area contributed by atoms with Gasteiger partial charge in [-0.25, -0.2) is 0 Å². The summed E-state index contributed by atoms with van der Waals surface area (Å²) in [7, 11) is -1.34. The van der Waals surface area contributed by atoms with Crippen LogP contribution in [0.4, 0.5) is 0 Å². The predicted octanol–water partition coefficient (Wildman–Crippen LogP) is 7.72. The molecule has 1 saturated heterocycles. The second kappa shape index (κ2) is 10.5. The quantitative estimate of drug-likeness (QED) is 0.158. The fraction of sp³-hybridized carbons (Fsp3) is 0.158. The van der Waals surface area contributed by atoms with Crippen LogP contribution in [0.15, 0.2) is 133 Å². The topological polar surface area (TPSA) is 18.5 Å². The van der Waals surface area contributed by atoms with Gasteiger partial charge in [0.2, 0.25) is 0 Å². The van der Waals surface area contributed by atoms with E-state index in [-0.39, 0.29) is 0 Å². The lowest BCUT2D eigenvalue weighted by atomic mass is 9.72. The van der Waals surface area contributed by atoms with E-state index in [1.165, 1.54) is 48.6 Å². The molecule has 0 aliphatic carbocycles. The molecule has 1 aliphatic heterocycles. The number of rotatable bonds is 5. The Bertz CT molecular complexity index is 1840. The van der Waals surface area contributed by atoms with Crippen LogP contribution >= 0.6 is 7.92 Å². The summed E-state index contributed by atoms with van der Waals surface area (Å²) in [5.41, 5.74) is 2.61. The van der Waals surface area contributed by atoms with Crippen LogP contribution < -0.4 is 21.4 Å². The van der Waals surface area contributed by atoms with Crippen LogP contribution in [0.1, 0.15) is 27.7 Å². The van der Waals surface area contributed by atoms with Crippen molar-refractivity contribution < 1.29 is 9.31 Å². The van der Waals surface area contributed by atoms with Gasteiger partial charge in [-0.2, -0.15) is 0 Å². The second-order valence-electron chi connectivity index (χ2n) is 12.1. The monoisotopic (exact) mass is 564 g/mol. The van der Waals surface area contributed by atoms with Crippen molar-refractivity contribution in [3.63, 3.8) is 0 Å². The van der Waals surface area contributed by atoms with Crippen molar-refractivity contribution in [2.24, 2.45) is 0 Å². The predicted molar refractivity (Wildman–Crippen MR) is 181 cm³/mol. The van der Waals surface area contributed by atoms with Crippen LogP contribution in [0.2, 0.25) is 0 Å². The largest absolute Gasteiger partial charge is 0.495 e. The highest BCUT2D eigenvalue weighted by atomic mass is 31.1. The van der Waals surface area contributed by atoms with Crippen LogP contribution in [0.25, 0.3) is 32.7 Å². The van der Waals surface area contributed by atoms with E-state index >= 15 is 0 Å². The van der Waals surface area contributed by atoms with Crippen molar-refractivity contribution >= 4 is 58.0 Å². The highest BCUT2D eigenvalue weighted by Gasteiger charge is 2.52. The minimum Gasteiger partial charge on any atom is -0.399 e. The van der Waals surface area contributed by atoms with Crippen LogP contribution in [0, 0.1) is 0 Å². The molecule has 0 atom stereocenters. The fourth-order valence-electron chi connectivity index (χ4n) is 5.95. The molecule has 1 aliphatic rings. The van der Waals surface area contributed by atoms with Crippen LogP contribution in [0.3, 0.4) is 0 Å². The summed E-state index contributed by atoms with van der Waals surface area (Å²) in [6.07, 6.45) is 0. The van der Waals surface area contributed by atoms with E-state index in [9.17, 15) is 0 Å². The SMILES string of the molecule is CC1(C)OB(c2ccc3ccccc3c2-c2cc3ccccc3cc2P(c2ccccc2)c2ccccc2)OC1(C)C. The first kappa shape index (κ1) is 27.1. The van der Waals surface area contributed by atoms with Gasteiger partial charge in [0.15, 0.2) is 0 Å². The molecular formula is C38H34BO2P. The molecule has 6 aromatic carbocycles. The third kappa shape index (κ3) is 4.67. The number of benzene rings is 6. The Kier molecular flexibility index (Phi) is 6.78. The van der Waals surface area contributed by atoms with Crippen LogP contribution in [-0.2, 0) is 9.31 Å². The summed E-state index contributed by atoms with van der Waals surface area (Å²) in [5, 5.41) is 8.86. The summed E-state index contributed by atoms with van der Waals surface area (Å²) < 4.78 is 13.4. The summed E-state index contributed by atoms with van der Waals surface area (Å²) >= 11 is 0. The normalized spacial score (nSPS) is 16.0. The van der Waals surface area contributed by atoms with Gasteiger partial charge in [0.05, 0.1) is 11.2 Å².